The van der Waals surface area contributed by atoms with Crippen LogP contribution in [0.3, 0.4) is 0 Å². The Morgan fingerprint density at radius 2 is 2.28 bits per heavy atom. The third kappa shape index (κ3) is 3.59. The van der Waals surface area contributed by atoms with Gasteiger partial charge in [-0.3, -0.25) is 0 Å². The van der Waals surface area contributed by atoms with Gasteiger partial charge in [0, 0.05) is 12.6 Å². The van der Waals surface area contributed by atoms with E-state index in [0.29, 0.717) is 11.1 Å². The summed E-state index contributed by atoms with van der Waals surface area (Å²) in [5.74, 6) is -0.294. The summed E-state index contributed by atoms with van der Waals surface area (Å²) in [4.78, 5) is 2.43. The van der Waals surface area contributed by atoms with E-state index in [9.17, 15) is 4.39 Å². The number of hydrogen-bond acceptors (Lipinski definition) is 2. The molecule has 1 unspecified atom stereocenters. The Kier molecular flexibility index (Phi) is 4.84. The molecule has 100 valence electrons. The van der Waals surface area contributed by atoms with Crippen LogP contribution in [0.25, 0.3) is 0 Å². The summed E-state index contributed by atoms with van der Waals surface area (Å²) >= 11 is 5.97. The quantitative estimate of drug-likeness (QED) is 0.896. The molecular weight excluding hydrogens is 251 g/mol. The molecule has 18 heavy (non-hydrogen) atoms. The number of halogens is 2. The maximum atomic E-state index is 12.9. The average Bonchev–Trinajstić information content (AvgIpc) is 2.34. The van der Waals surface area contributed by atoms with E-state index in [1.165, 1.54) is 37.9 Å². The lowest BCUT2D eigenvalue weighted by molar-refractivity contribution is 0.179. The molecule has 1 aromatic carbocycles. The first-order chi connectivity index (χ1) is 8.66. The number of hydrogen-bond donors (Lipinski definition) is 1. The summed E-state index contributed by atoms with van der Waals surface area (Å²) in [6, 6.07) is 5.13. The van der Waals surface area contributed by atoms with Gasteiger partial charge in [0.1, 0.15) is 5.82 Å². The highest BCUT2D eigenvalue weighted by atomic mass is 35.5. The average molecular weight is 271 g/mol. The van der Waals surface area contributed by atoms with Crippen LogP contribution >= 0.6 is 11.6 Å². The molecule has 0 aromatic heterocycles. The van der Waals surface area contributed by atoms with Crippen LogP contribution in [-0.2, 0) is 0 Å². The minimum Gasteiger partial charge on any atom is -0.384 e. The highest BCUT2D eigenvalue weighted by molar-refractivity contribution is 6.33. The predicted molar refractivity (Wildman–Crippen MR) is 74.8 cm³/mol. The van der Waals surface area contributed by atoms with Crippen LogP contribution in [0.5, 0.6) is 0 Å². The fourth-order valence-electron chi connectivity index (χ4n) is 2.52. The molecule has 0 spiro atoms. The van der Waals surface area contributed by atoms with Gasteiger partial charge in [-0.1, -0.05) is 18.0 Å². The third-order valence-electron chi connectivity index (χ3n) is 3.65. The first-order valence-electron chi connectivity index (χ1n) is 6.56. The van der Waals surface area contributed by atoms with Crippen molar-refractivity contribution < 1.29 is 4.39 Å². The normalized spacial score (nSPS) is 20.9. The first-order valence-corrected chi connectivity index (χ1v) is 6.94. The van der Waals surface area contributed by atoms with Crippen LogP contribution in [0.1, 0.15) is 25.7 Å². The molecule has 2 rings (SSSR count). The van der Waals surface area contributed by atoms with Crippen LogP contribution in [0.15, 0.2) is 18.2 Å². The molecule has 0 amide bonds. The van der Waals surface area contributed by atoms with E-state index in [0.717, 1.165) is 18.7 Å². The van der Waals surface area contributed by atoms with E-state index in [1.807, 2.05) is 0 Å². The lowest BCUT2D eigenvalue weighted by Crippen LogP contribution is -2.37. The SMILES string of the molecule is CN1CCCCC1CCNc1ccc(F)cc1Cl. The highest BCUT2D eigenvalue weighted by Gasteiger charge is 2.18. The molecule has 1 fully saturated rings. The minimum absolute atomic E-state index is 0.294. The lowest BCUT2D eigenvalue weighted by Gasteiger charge is -2.32. The number of likely N-dealkylation sites (tertiary alicyclic amines) is 1. The van der Waals surface area contributed by atoms with Crippen molar-refractivity contribution in [3.63, 3.8) is 0 Å². The van der Waals surface area contributed by atoms with Gasteiger partial charge in [0.05, 0.1) is 10.7 Å². The van der Waals surface area contributed by atoms with Crippen LogP contribution in [-0.4, -0.2) is 31.1 Å². The Balaban J connectivity index is 1.81. The lowest BCUT2D eigenvalue weighted by atomic mass is 10.0. The van der Waals surface area contributed by atoms with Crippen molar-refractivity contribution in [2.45, 2.75) is 31.7 Å². The summed E-state index contributed by atoms with van der Waals surface area (Å²) in [6.07, 6.45) is 5.01. The Labute approximate surface area is 113 Å². The Morgan fingerprint density at radius 1 is 1.44 bits per heavy atom. The summed E-state index contributed by atoms with van der Waals surface area (Å²) in [5, 5.41) is 3.73. The molecule has 1 heterocycles. The second-order valence-electron chi connectivity index (χ2n) is 4.97. The van der Waals surface area contributed by atoms with E-state index in [2.05, 4.69) is 17.3 Å². The van der Waals surface area contributed by atoms with E-state index in [4.69, 9.17) is 11.6 Å². The van der Waals surface area contributed by atoms with Gasteiger partial charge in [0.25, 0.3) is 0 Å². The molecule has 1 aromatic rings. The van der Waals surface area contributed by atoms with Crippen LogP contribution in [0.4, 0.5) is 10.1 Å². The molecule has 2 nitrogen and oxygen atoms in total. The van der Waals surface area contributed by atoms with Gasteiger partial charge in [-0.25, -0.2) is 4.39 Å². The van der Waals surface area contributed by atoms with Crippen molar-refractivity contribution in [3.05, 3.63) is 29.0 Å². The molecule has 1 atom stereocenters. The molecule has 1 aliphatic rings. The monoisotopic (exact) mass is 270 g/mol. The molecule has 1 N–H and O–H groups in total. The van der Waals surface area contributed by atoms with Crippen LogP contribution in [0, 0.1) is 5.82 Å². The van der Waals surface area contributed by atoms with Gasteiger partial charge in [-0.2, -0.15) is 0 Å². The van der Waals surface area contributed by atoms with Crippen LogP contribution < -0.4 is 5.32 Å². The largest absolute Gasteiger partial charge is 0.384 e. The zero-order valence-corrected chi connectivity index (χ0v) is 11.5. The van der Waals surface area contributed by atoms with Gasteiger partial charge in [0.15, 0.2) is 0 Å². The van der Waals surface area contributed by atoms with Gasteiger partial charge in [-0.15, -0.1) is 0 Å². The van der Waals surface area contributed by atoms with E-state index < -0.39 is 0 Å². The summed E-state index contributed by atoms with van der Waals surface area (Å²) < 4.78 is 12.9. The smallest absolute Gasteiger partial charge is 0.124 e. The van der Waals surface area contributed by atoms with E-state index in [1.54, 1.807) is 6.07 Å². The van der Waals surface area contributed by atoms with Gasteiger partial charge in [0.2, 0.25) is 0 Å². The standard InChI is InChI=1S/C14H20ClFN2/c1-18-9-3-2-4-12(18)7-8-17-14-6-5-11(16)10-13(14)15/h5-6,10,12,17H,2-4,7-9H2,1H3. The Bertz CT molecular complexity index is 397. The van der Waals surface area contributed by atoms with E-state index in [-0.39, 0.29) is 5.82 Å². The van der Waals surface area contributed by atoms with Crippen molar-refractivity contribution in [1.82, 2.24) is 4.90 Å². The highest BCUT2D eigenvalue weighted by Crippen LogP contribution is 2.23. The number of rotatable bonds is 4. The van der Waals surface area contributed by atoms with Crippen molar-refractivity contribution >= 4 is 17.3 Å². The number of nitrogens with zero attached hydrogens (tertiary/aromatic N) is 1. The number of piperidine rings is 1. The second kappa shape index (κ2) is 6.39. The van der Waals surface area contributed by atoms with Crippen molar-refractivity contribution in [2.24, 2.45) is 0 Å². The summed E-state index contributed by atoms with van der Waals surface area (Å²) in [7, 11) is 2.19. The second-order valence-corrected chi connectivity index (χ2v) is 5.38. The zero-order valence-electron chi connectivity index (χ0n) is 10.8. The number of benzene rings is 1. The molecule has 0 radical (unpaired) electrons. The Morgan fingerprint density at radius 3 is 3.00 bits per heavy atom. The van der Waals surface area contributed by atoms with Gasteiger partial charge >= 0.3 is 0 Å². The maximum Gasteiger partial charge on any atom is 0.124 e. The van der Waals surface area contributed by atoms with Crippen molar-refractivity contribution in [3.8, 4) is 0 Å². The molecular formula is C14H20ClFN2. The summed E-state index contributed by atoms with van der Waals surface area (Å²) in [6.45, 7) is 2.07. The van der Waals surface area contributed by atoms with Crippen molar-refractivity contribution in [2.75, 3.05) is 25.5 Å². The first kappa shape index (κ1) is 13.6. The van der Waals surface area contributed by atoms with E-state index >= 15 is 0 Å². The topological polar surface area (TPSA) is 15.3 Å². The van der Waals surface area contributed by atoms with Gasteiger partial charge in [-0.05, 0) is 51.1 Å². The third-order valence-corrected chi connectivity index (χ3v) is 3.96. The molecule has 1 aliphatic heterocycles. The van der Waals surface area contributed by atoms with Crippen LogP contribution in [0.2, 0.25) is 5.02 Å². The molecule has 0 aliphatic carbocycles. The number of nitrogens with one attached hydrogen (secondary N) is 1. The molecule has 0 bridgehead atoms. The van der Waals surface area contributed by atoms with Crippen molar-refractivity contribution in [1.29, 1.82) is 0 Å². The van der Waals surface area contributed by atoms with Gasteiger partial charge < -0.3 is 10.2 Å². The molecule has 0 saturated carbocycles. The predicted octanol–water partition coefficient (Wildman–Crippen LogP) is 3.77. The maximum absolute atomic E-state index is 12.9. The Hall–Kier alpha value is -0.800. The zero-order chi connectivity index (χ0) is 13.0. The number of anilines is 1. The molecule has 4 heteroatoms. The summed E-state index contributed by atoms with van der Waals surface area (Å²) in [5.41, 5.74) is 0.816. The fraction of sp³-hybridized carbons (Fsp3) is 0.571. The molecule has 1 saturated heterocycles. The fourth-order valence-corrected chi connectivity index (χ4v) is 2.75. The minimum atomic E-state index is -0.294.